The third-order valence-electron chi connectivity index (χ3n) is 3.45. The lowest BCUT2D eigenvalue weighted by Gasteiger charge is -2.21. The molecule has 1 atom stereocenters. The Morgan fingerprint density at radius 3 is 2.89 bits per heavy atom. The van der Waals surface area contributed by atoms with E-state index >= 15 is 0 Å². The molecular formula is C14H19FN2O. The number of carbonyl (C=O) groups is 1. The lowest BCUT2D eigenvalue weighted by atomic mass is 10.0. The van der Waals surface area contributed by atoms with E-state index in [1.165, 1.54) is 12.1 Å². The topological polar surface area (TPSA) is 46.3 Å². The molecule has 0 radical (unpaired) electrons. The number of rotatable bonds is 2. The largest absolute Gasteiger partial charge is 0.399 e. The van der Waals surface area contributed by atoms with Crippen molar-refractivity contribution in [1.29, 1.82) is 0 Å². The summed E-state index contributed by atoms with van der Waals surface area (Å²) in [6.45, 7) is 3.36. The van der Waals surface area contributed by atoms with Crippen LogP contribution in [0.4, 0.5) is 10.1 Å². The second-order valence-corrected chi connectivity index (χ2v) is 5.14. The fourth-order valence-electron chi connectivity index (χ4n) is 2.33. The van der Waals surface area contributed by atoms with E-state index in [9.17, 15) is 9.18 Å². The molecule has 1 unspecified atom stereocenters. The van der Waals surface area contributed by atoms with E-state index in [2.05, 4.69) is 6.92 Å². The Morgan fingerprint density at radius 2 is 2.17 bits per heavy atom. The van der Waals surface area contributed by atoms with E-state index in [0.717, 1.165) is 24.9 Å². The summed E-state index contributed by atoms with van der Waals surface area (Å²) in [5, 5.41) is 0. The maximum Gasteiger partial charge on any atom is 0.222 e. The molecule has 0 bridgehead atoms. The maximum atomic E-state index is 13.2. The van der Waals surface area contributed by atoms with Crippen molar-refractivity contribution in [2.45, 2.75) is 32.7 Å². The van der Waals surface area contributed by atoms with Gasteiger partial charge in [-0.2, -0.15) is 0 Å². The minimum atomic E-state index is -0.347. The van der Waals surface area contributed by atoms with Gasteiger partial charge in [-0.25, -0.2) is 4.39 Å². The fraction of sp³-hybridized carbons (Fsp3) is 0.500. The molecule has 1 aromatic rings. The zero-order valence-electron chi connectivity index (χ0n) is 10.7. The number of benzene rings is 1. The van der Waals surface area contributed by atoms with Gasteiger partial charge < -0.3 is 10.6 Å². The van der Waals surface area contributed by atoms with Crippen LogP contribution < -0.4 is 5.73 Å². The van der Waals surface area contributed by atoms with Crippen LogP contribution in [0.1, 0.15) is 31.7 Å². The van der Waals surface area contributed by atoms with Crippen LogP contribution in [-0.2, 0) is 11.3 Å². The number of nitrogens with two attached hydrogens (primary N) is 1. The smallest absolute Gasteiger partial charge is 0.222 e. The molecule has 2 N–H and O–H groups in total. The first-order chi connectivity index (χ1) is 8.54. The normalized spacial score (nSPS) is 20.9. The summed E-state index contributed by atoms with van der Waals surface area (Å²) >= 11 is 0. The van der Waals surface area contributed by atoms with Gasteiger partial charge in [0.25, 0.3) is 0 Å². The zero-order chi connectivity index (χ0) is 13.1. The minimum absolute atomic E-state index is 0.155. The van der Waals surface area contributed by atoms with Gasteiger partial charge in [0.1, 0.15) is 5.82 Å². The number of carbonyl (C=O) groups excluding carboxylic acids is 1. The predicted molar refractivity (Wildman–Crippen MR) is 69.2 cm³/mol. The van der Waals surface area contributed by atoms with Crippen LogP contribution in [0.2, 0.25) is 0 Å². The quantitative estimate of drug-likeness (QED) is 0.820. The van der Waals surface area contributed by atoms with Crippen molar-refractivity contribution in [3.8, 4) is 0 Å². The Balaban J connectivity index is 2.09. The highest BCUT2D eigenvalue weighted by Crippen LogP contribution is 2.20. The molecule has 98 valence electrons. The summed E-state index contributed by atoms with van der Waals surface area (Å²) in [6.07, 6.45) is 2.54. The monoisotopic (exact) mass is 250 g/mol. The zero-order valence-corrected chi connectivity index (χ0v) is 10.7. The molecule has 3 nitrogen and oxygen atoms in total. The first-order valence-corrected chi connectivity index (χ1v) is 6.37. The van der Waals surface area contributed by atoms with Gasteiger partial charge in [0, 0.05) is 25.2 Å². The molecule has 2 rings (SSSR count). The second-order valence-electron chi connectivity index (χ2n) is 5.14. The SMILES string of the molecule is CC1CCC(=O)N(Cc2cc(N)cc(F)c2)CC1. The van der Waals surface area contributed by atoms with Gasteiger partial charge in [-0.05, 0) is 42.5 Å². The number of hydrogen-bond acceptors (Lipinski definition) is 2. The van der Waals surface area contributed by atoms with Crippen LogP contribution in [0.15, 0.2) is 18.2 Å². The molecule has 0 aliphatic carbocycles. The van der Waals surface area contributed by atoms with Crippen LogP contribution in [0, 0.1) is 11.7 Å². The summed E-state index contributed by atoms with van der Waals surface area (Å²) in [5.41, 5.74) is 6.77. The number of anilines is 1. The van der Waals surface area contributed by atoms with Crippen molar-refractivity contribution >= 4 is 11.6 Å². The van der Waals surface area contributed by atoms with Crippen LogP contribution in [0.25, 0.3) is 0 Å². The molecule has 1 aliphatic heterocycles. The van der Waals surface area contributed by atoms with Gasteiger partial charge in [-0.3, -0.25) is 4.79 Å². The predicted octanol–water partition coefficient (Wildman–Crippen LogP) is 2.56. The number of hydrogen-bond donors (Lipinski definition) is 1. The summed E-state index contributed by atoms with van der Waals surface area (Å²) in [6, 6.07) is 4.46. The van der Waals surface area contributed by atoms with Gasteiger partial charge in [0.05, 0.1) is 0 Å². The average molecular weight is 250 g/mol. The Bertz CT molecular complexity index is 427. The summed E-state index contributed by atoms with van der Waals surface area (Å²) in [5.74, 6) is 0.388. The van der Waals surface area contributed by atoms with E-state index in [4.69, 9.17) is 5.73 Å². The van der Waals surface area contributed by atoms with Crippen molar-refractivity contribution < 1.29 is 9.18 Å². The van der Waals surface area contributed by atoms with E-state index < -0.39 is 0 Å². The second kappa shape index (κ2) is 5.38. The number of amides is 1. The third-order valence-corrected chi connectivity index (χ3v) is 3.45. The first kappa shape index (κ1) is 12.9. The molecular weight excluding hydrogens is 231 g/mol. The highest BCUT2D eigenvalue weighted by Gasteiger charge is 2.20. The number of likely N-dealkylation sites (tertiary alicyclic amines) is 1. The highest BCUT2D eigenvalue weighted by molar-refractivity contribution is 5.76. The lowest BCUT2D eigenvalue weighted by molar-refractivity contribution is -0.131. The Hall–Kier alpha value is -1.58. The molecule has 1 amide bonds. The minimum Gasteiger partial charge on any atom is -0.399 e. The molecule has 1 fully saturated rings. The Labute approximate surface area is 107 Å². The van der Waals surface area contributed by atoms with E-state index in [1.54, 1.807) is 11.0 Å². The van der Waals surface area contributed by atoms with E-state index in [0.29, 0.717) is 24.6 Å². The molecule has 1 saturated heterocycles. The van der Waals surface area contributed by atoms with Crippen molar-refractivity contribution in [2.75, 3.05) is 12.3 Å². The third kappa shape index (κ3) is 3.22. The van der Waals surface area contributed by atoms with Gasteiger partial charge in [-0.1, -0.05) is 6.92 Å². The van der Waals surface area contributed by atoms with Gasteiger partial charge in [0.2, 0.25) is 5.91 Å². The highest BCUT2D eigenvalue weighted by atomic mass is 19.1. The molecule has 0 saturated carbocycles. The molecule has 1 aliphatic rings. The molecule has 1 aromatic carbocycles. The lowest BCUT2D eigenvalue weighted by Crippen LogP contribution is -2.29. The van der Waals surface area contributed by atoms with Gasteiger partial charge in [-0.15, -0.1) is 0 Å². The van der Waals surface area contributed by atoms with Crippen molar-refractivity contribution in [3.63, 3.8) is 0 Å². The number of halogens is 1. The Kier molecular flexibility index (Phi) is 3.84. The standard InChI is InChI=1S/C14H19FN2O/c1-10-2-3-14(18)17(5-4-10)9-11-6-12(15)8-13(16)7-11/h6-8,10H,2-5,9,16H2,1H3. The summed E-state index contributed by atoms with van der Waals surface area (Å²) in [4.78, 5) is 13.7. The maximum absolute atomic E-state index is 13.2. The van der Waals surface area contributed by atoms with Crippen LogP contribution in [0.5, 0.6) is 0 Å². The molecule has 4 heteroatoms. The summed E-state index contributed by atoms with van der Waals surface area (Å²) < 4.78 is 13.2. The van der Waals surface area contributed by atoms with Crippen LogP contribution >= 0.6 is 0 Å². The van der Waals surface area contributed by atoms with Gasteiger partial charge >= 0.3 is 0 Å². The molecule has 0 aromatic heterocycles. The van der Waals surface area contributed by atoms with E-state index in [-0.39, 0.29) is 11.7 Å². The van der Waals surface area contributed by atoms with Gasteiger partial charge in [0.15, 0.2) is 0 Å². The molecule has 1 heterocycles. The van der Waals surface area contributed by atoms with Crippen LogP contribution in [-0.4, -0.2) is 17.4 Å². The molecule has 18 heavy (non-hydrogen) atoms. The van der Waals surface area contributed by atoms with Crippen molar-refractivity contribution in [3.05, 3.63) is 29.6 Å². The van der Waals surface area contributed by atoms with E-state index in [1.807, 2.05) is 0 Å². The fourth-order valence-corrected chi connectivity index (χ4v) is 2.33. The first-order valence-electron chi connectivity index (χ1n) is 6.37. The molecule has 0 spiro atoms. The summed E-state index contributed by atoms with van der Waals surface area (Å²) in [7, 11) is 0. The average Bonchev–Trinajstić information content (AvgIpc) is 2.43. The van der Waals surface area contributed by atoms with Crippen molar-refractivity contribution in [1.82, 2.24) is 4.90 Å². The number of nitrogens with zero attached hydrogens (tertiary/aromatic N) is 1. The number of nitrogen functional groups attached to an aromatic ring is 1. The van der Waals surface area contributed by atoms with Crippen molar-refractivity contribution in [2.24, 2.45) is 5.92 Å². The Morgan fingerprint density at radius 1 is 1.39 bits per heavy atom. The van der Waals surface area contributed by atoms with Crippen LogP contribution in [0.3, 0.4) is 0 Å².